The first-order chi connectivity index (χ1) is 14.0. The van der Waals surface area contributed by atoms with E-state index in [4.69, 9.17) is 40.5 Å². The van der Waals surface area contributed by atoms with E-state index in [0.717, 1.165) is 35.5 Å². The second-order valence-corrected chi connectivity index (χ2v) is 8.50. The number of aliphatic imine (C=N–C) groups is 1. The number of imidazole rings is 1. The third-order valence-corrected chi connectivity index (χ3v) is 6.42. The predicted octanol–water partition coefficient (Wildman–Crippen LogP) is 6.15. The fraction of sp³-hybridized carbons (Fsp3) is 0.316. The molecule has 178 valence electrons. The van der Waals surface area contributed by atoms with Crippen molar-refractivity contribution in [1.82, 2.24) is 20.3 Å². The zero-order chi connectivity index (χ0) is 20.6. The number of aromatic amines is 1. The summed E-state index contributed by atoms with van der Waals surface area (Å²) in [5, 5.41) is 7.33. The van der Waals surface area contributed by atoms with Gasteiger partial charge in [-0.2, -0.15) is 0 Å². The van der Waals surface area contributed by atoms with Crippen molar-refractivity contribution >= 4 is 89.3 Å². The van der Waals surface area contributed by atoms with Crippen molar-refractivity contribution in [2.24, 2.45) is 10.7 Å². The molecule has 3 rings (SSSR count). The standard InChI is InChI=1S/C19H21Cl3N6S.3ClH/c20-15-8-12(9-16(21)17(15)22)14(18-25-6-7-29-18)3-5-27-19(23)26-4-1-2-13-10-24-11-28-13;;;/h6-11,14H,1-5H2,(H,24,28)(H3,23,26,27);3*1H. The molecule has 2 aromatic heterocycles. The predicted molar refractivity (Wildman–Crippen MR) is 143 cm³/mol. The molecule has 32 heavy (non-hydrogen) atoms. The lowest BCUT2D eigenvalue weighted by atomic mass is 9.96. The molecule has 3 aromatic rings. The van der Waals surface area contributed by atoms with Gasteiger partial charge in [0, 0.05) is 42.5 Å². The molecule has 0 aliphatic carbocycles. The second kappa shape index (κ2) is 15.8. The van der Waals surface area contributed by atoms with E-state index < -0.39 is 0 Å². The van der Waals surface area contributed by atoms with Crippen LogP contribution in [0.4, 0.5) is 0 Å². The van der Waals surface area contributed by atoms with E-state index in [1.54, 1.807) is 23.9 Å². The zero-order valence-corrected chi connectivity index (χ0v) is 22.3. The summed E-state index contributed by atoms with van der Waals surface area (Å²) in [6.07, 6.45) is 7.82. The van der Waals surface area contributed by atoms with Crippen LogP contribution < -0.4 is 11.1 Å². The number of nitrogens with two attached hydrogens (primary N) is 1. The number of hydrogen-bond acceptors (Lipinski definition) is 4. The van der Waals surface area contributed by atoms with Crippen molar-refractivity contribution in [3.05, 3.63) is 67.6 Å². The normalized spacial score (nSPS) is 11.7. The summed E-state index contributed by atoms with van der Waals surface area (Å²) < 4.78 is 0. The molecule has 1 unspecified atom stereocenters. The van der Waals surface area contributed by atoms with Crippen LogP contribution in [-0.4, -0.2) is 34.0 Å². The molecule has 4 N–H and O–H groups in total. The molecule has 0 radical (unpaired) electrons. The highest BCUT2D eigenvalue weighted by Crippen LogP contribution is 2.37. The number of H-pyrrole nitrogens is 1. The summed E-state index contributed by atoms with van der Waals surface area (Å²) in [7, 11) is 0. The monoisotopic (exact) mass is 578 g/mol. The Morgan fingerprint density at radius 3 is 2.50 bits per heavy atom. The van der Waals surface area contributed by atoms with Crippen LogP contribution >= 0.6 is 83.4 Å². The maximum absolute atomic E-state index is 6.22. The fourth-order valence-corrected chi connectivity index (χ4v) is 4.32. The van der Waals surface area contributed by atoms with Gasteiger partial charge in [-0.1, -0.05) is 34.8 Å². The van der Waals surface area contributed by atoms with Crippen molar-refractivity contribution in [1.29, 1.82) is 0 Å². The minimum Gasteiger partial charge on any atom is -0.370 e. The van der Waals surface area contributed by atoms with Gasteiger partial charge in [-0.05, 0) is 37.0 Å². The average molecular weight is 581 g/mol. The Balaban J connectivity index is 0.00000320. The molecule has 0 fully saturated rings. The van der Waals surface area contributed by atoms with Crippen LogP contribution in [0.3, 0.4) is 0 Å². The van der Waals surface area contributed by atoms with Gasteiger partial charge in [0.1, 0.15) is 5.01 Å². The largest absolute Gasteiger partial charge is 0.370 e. The first-order valence-electron chi connectivity index (χ1n) is 9.09. The summed E-state index contributed by atoms with van der Waals surface area (Å²) in [5.41, 5.74) is 8.06. The van der Waals surface area contributed by atoms with Crippen molar-refractivity contribution in [2.75, 3.05) is 13.1 Å². The Kier molecular flexibility index (Phi) is 15.4. The van der Waals surface area contributed by atoms with E-state index in [1.165, 1.54) is 0 Å². The van der Waals surface area contributed by atoms with Crippen molar-refractivity contribution < 1.29 is 0 Å². The van der Waals surface area contributed by atoms with Gasteiger partial charge in [-0.25, -0.2) is 9.97 Å². The van der Waals surface area contributed by atoms with E-state index in [9.17, 15) is 0 Å². The fourth-order valence-electron chi connectivity index (χ4n) is 2.91. The third-order valence-electron chi connectivity index (χ3n) is 4.34. The minimum atomic E-state index is 0. The highest BCUT2D eigenvalue weighted by Gasteiger charge is 2.19. The van der Waals surface area contributed by atoms with Crippen molar-refractivity contribution in [3.63, 3.8) is 0 Å². The SMILES string of the molecule is Cl.Cl.Cl.NC(=NCCCc1cnc[nH]1)NCCC(c1cc(Cl)c(Cl)c(Cl)c1)c1nccs1. The second-order valence-electron chi connectivity index (χ2n) is 6.38. The lowest BCUT2D eigenvalue weighted by molar-refractivity contribution is 0.683. The number of nitrogens with one attached hydrogen (secondary N) is 2. The van der Waals surface area contributed by atoms with E-state index in [0.29, 0.717) is 34.1 Å². The summed E-state index contributed by atoms with van der Waals surface area (Å²) in [6.45, 7) is 1.29. The Morgan fingerprint density at radius 1 is 1.19 bits per heavy atom. The summed E-state index contributed by atoms with van der Waals surface area (Å²) in [4.78, 5) is 15.9. The van der Waals surface area contributed by atoms with Gasteiger partial charge in [-0.15, -0.1) is 48.6 Å². The number of rotatable bonds is 9. The molecule has 0 bridgehead atoms. The van der Waals surface area contributed by atoms with Gasteiger partial charge in [0.05, 0.1) is 21.4 Å². The molecule has 0 aliphatic rings. The molecular formula is C19H24Cl6N6S. The van der Waals surface area contributed by atoms with Crippen LogP contribution in [0.15, 0.2) is 41.2 Å². The minimum absolute atomic E-state index is 0. The quantitative estimate of drug-likeness (QED) is 0.122. The first-order valence-corrected chi connectivity index (χ1v) is 11.1. The Hall–Kier alpha value is -0.930. The van der Waals surface area contributed by atoms with Crippen LogP contribution in [-0.2, 0) is 6.42 Å². The molecule has 0 aliphatic heterocycles. The van der Waals surface area contributed by atoms with Crippen LogP contribution in [0.1, 0.15) is 35.0 Å². The number of nitrogens with zero attached hydrogens (tertiary/aromatic N) is 3. The Bertz CT molecular complexity index is 913. The molecule has 0 saturated heterocycles. The molecular weight excluding hydrogens is 557 g/mol. The van der Waals surface area contributed by atoms with Gasteiger partial charge in [0.2, 0.25) is 0 Å². The van der Waals surface area contributed by atoms with Gasteiger partial charge < -0.3 is 16.0 Å². The molecule has 0 spiro atoms. The van der Waals surface area contributed by atoms with Crippen molar-refractivity contribution in [3.8, 4) is 0 Å². The van der Waals surface area contributed by atoms with Gasteiger partial charge in [0.15, 0.2) is 5.96 Å². The van der Waals surface area contributed by atoms with Crippen LogP contribution in [0.2, 0.25) is 15.1 Å². The topological polar surface area (TPSA) is 92.0 Å². The number of halogens is 6. The molecule has 1 atom stereocenters. The van der Waals surface area contributed by atoms with E-state index in [-0.39, 0.29) is 43.1 Å². The smallest absolute Gasteiger partial charge is 0.188 e. The highest BCUT2D eigenvalue weighted by atomic mass is 35.5. The van der Waals surface area contributed by atoms with Gasteiger partial charge >= 0.3 is 0 Å². The third kappa shape index (κ3) is 9.14. The lowest BCUT2D eigenvalue weighted by Gasteiger charge is -2.17. The first kappa shape index (κ1) is 31.1. The lowest BCUT2D eigenvalue weighted by Crippen LogP contribution is -2.33. The molecule has 1 aromatic carbocycles. The number of thiazole rings is 1. The zero-order valence-electron chi connectivity index (χ0n) is 16.8. The Labute approximate surface area is 225 Å². The van der Waals surface area contributed by atoms with Crippen molar-refractivity contribution in [2.45, 2.75) is 25.2 Å². The average Bonchev–Trinajstić information content (AvgIpc) is 3.40. The molecule has 2 heterocycles. The van der Waals surface area contributed by atoms with Crippen LogP contribution in [0.25, 0.3) is 0 Å². The molecule has 0 saturated carbocycles. The maximum Gasteiger partial charge on any atom is 0.188 e. The van der Waals surface area contributed by atoms with Crippen LogP contribution in [0, 0.1) is 0 Å². The number of aromatic nitrogens is 3. The summed E-state index contributed by atoms with van der Waals surface area (Å²) >= 11 is 20.1. The summed E-state index contributed by atoms with van der Waals surface area (Å²) in [6, 6.07) is 3.68. The molecule has 0 amide bonds. The number of hydrogen-bond donors (Lipinski definition) is 3. The Morgan fingerprint density at radius 2 is 1.91 bits per heavy atom. The van der Waals surface area contributed by atoms with Crippen LogP contribution in [0.5, 0.6) is 0 Å². The molecule has 13 heteroatoms. The van der Waals surface area contributed by atoms with E-state index in [2.05, 4.69) is 25.3 Å². The number of aryl methyl sites for hydroxylation is 1. The molecule has 6 nitrogen and oxygen atoms in total. The maximum atomic E-state index is 6.22. The van der Waals surface area contributed by atoms with E-state index in [1.807, 2.05) is 23.7 Å². The van der Waals surface area contributed by atoms with Gasteiger partial charge in [-0.3, -0.25) is 4.99 Å². The number of guanidine groups is 1. The summed E-state index contributed by atoms with van der Waals surface area (Å²) in [5.74, 6) is 0.461. The van der Waals surface area contributed by atoms with Gasteiger partial charge in [0.25, 0.3) is 0 Å². The number of benzene rings is 1. The van der Waals surface area contributed by atoms with E-state index >= 15 is 0 Å². The highest BCUT2D eigenvalue weighted by molar-refractivity contribution is 7.09.